The minimum Gasteiger partial charge on any atom is -0.305 e. The average Bonchev–Trinajstić information content (AvgIpc) is 3.38. The van der Waals surface area contributed by atoms with Crippen molar-refractivity contribution >= 4 is 44.9 Å². The maximum absolute atomic E-state index is 14.3. The van der Waals surface area contributed by atoms with Gasteiger partial charge in [-0.05, 0) is 56.5 Å². The van der Waals surface area contributed by atoms with Gasteiger partial charge in [0.05, 0.1) is 14.3 Å². The van der Waals surface area contributed by atoms with E-state index in [2.05, 4.69) is 52.8 Å². The summed E-state index contributed by atoms with van der Waals surface area (Å²) in [6.07, 6.45) is 3.23. The molecule has 0 N–H and O–H groups in total. The molecule has 0 aliphatic carbocycles. The molecule has 0 amide bonds. The normalized spacial score (nSPS) is 13.6. The maximum Gasteiger partial charge on any atom is 0.143 e. The molecule has 235 valence electrons. The number of aryl methyl sites for hydroxylation is 1. The van der Waals surface area contributed by atoms with Gasteiger partial charge in [0.15, 0.2) is 0 Å². The predicted octanol–water partition coefficient (Wildman–Crippen LogP) is 10.3. The predicted molar refractivity (Wildman–Crippen MR) is 188 cm³/mol. The van der Waals surface area contributed by atoms with E-state index in [1.165, 1.54) is 22.7 Å². The first-order chi connectivity index (χ1) is 22.2. The first-order valence-corrected chi connectivity index (χ1v) is 19.0. The Bertz CT molecular complexity index is 2100. The molecule has 7 heteroatoms. The minimum absolute atomic E-state index is 0. The third-order valence-corrected chi connectivity index (χ3v) is 10.6. The zero-order chi connectivity index (χ0) is 35.2. The number of halogens is 1. The average molecular weight is 814 g/mol. The van der Waals surface area contributed by atoms with Crippen LogP contribution in [-0.2, 0) is 25.5 Å². The molecule has 45 heavy (non-hydrogen) atoms. The molecule has 0 atom stereocenters. The number of rotatable bonds is 4. The molecule has 6 aromatic rings. The second kappa shape index (κ2) is 13.7. The molecule has 2 aromatic carbocycles. The van der Waals surface area contributed by atoms with Crippen molar-refractivity contribution in [3.8, 4) is 22.5 Å². The zero-order valence-corrected chi connectivity index (χ0v) is 31.1. The number of thiophene rings is 1. The van der Waals surface area contributed by atoms with Gasteiger partial charge in [0.25, 0.3) is 0 Å². The number of pyridine rings is 3. The van der Waals surface area contributed by atoms with Gasteiger partial charge in [-0.1, -0.05) is 83.4 Å². The van der Waals surface area contributed by atoms with E-state index in [1.807, 2.05) is 77.2 Å². The van der Waals surface area contributed by atoms with Crippen molar-refractivity contribution in [2.24, 2.45) is 0 Å². The summed E-state index contributed by atoms with van der Waals surface area (Å²) in [4.78, 5) is 13.9. The summed E-state index contributed by atoms with van der Waals surface area (Å²) in [6.45, 7) is 14.4. The van der Waals surface area contributed by atoms with Crippen LogP contribution in [-0.4, -0.2) is 23.0 Å². The second-order valence-corrected chi connectivity index (χ2v) is 19.2. The number of fused-ring (bicyclic) bond motifs is 3. The summed E-state index contributed by atoms with van der Waals surface area (Å²) in [5, 5.41) is 3.13. The van der Waals surface area contributed by atoms with Crippen molar-refractivity contribution in [1.82, 2.24) is 15.0 Å². The fourth-order valence-corrected chi connectivity index (χ4v) is 7.89. The fourth-order valence-electron chi connectivity index (χ4n) is 5.13. The number of nitrogens with zero attached hydrogens (tertiary/aromatic N) is 3. The molecule has 0 aliphatic rings. The van der Waals surface area contributed by atoms with Crippen LogP contribution in [0.1, 0.15) is 62.8 Å². The Hall–Kier alpha value is -3.09. The molecule has 4 heterocycles. The van der Waals surface area contributed by atoms with Gasteiger partial charge < -0.3 is 9.97 Å². The zero-order valence-electron chi connectivity index (χ0n) is 30.9. The van der Waals surface area contributed by atoms with Crippen molar-refractivity contribution < 1.29 is 30.0 Å². The summed E-state index contributed by atoms with van der Waals surface area (Å²) in [5.74, 6) is -0.939. The Morgan fingerprint density at radius 2 is 1.69 bits per heavy atom. The quantitative estimate of drug-likeness (QED) is 0.131. The molecular formula is C38H40FIrN3SSi-2. The van der Waals surface area contributed by atoms with E-state index in [0.29, 0.717) is 16.1 Å². The Morgan fingerprint density at radius 1 is 0.933 bits per heavy atom. The van der Waals surface area contributed by atoms with E-state index in [0.717, 1.165) is 37.9 Å². The van der Waals surface area contributed by atoms with Crippen LogP contribution in [0.5, 0.6) is 0 Å². The van der Waals surface area contributed by atoms with E-state index in [4.69, 9.17) is 5.48 Å². The largest absolute Gasteiger partial charge is 0.305 e. The first-order valence-electron chi connectivity index (χ1n) is 16.6. The van der Waals surface area contributed by atoms with E-state index < -0.39 is 20.8 Å². The molecule has 0 saturated carbocycles. The number of benzene rings is 2. The summed E-state index contributed by atoms with van der Waals surface area (Å²) in [6, 6.07) is 25.2. The summed E-state index contributed by atoms with van der Waals surface area (Å²) in [5.41, 5.74) is 4.70. The molecule has 3 nitrogen and oxygen atoms in total. The standard InChI is InChI=1S/C21H18FN2S.C17H22NSi.Ir/c1-12-8-9-14-13-6-5-7-15(19(13)25-20(14)24-12)18-10-16(21(2,3)4)17(22)11-23-18;1-13(2)15-11-16(14-9-7-6-8-10-14)18-12-17(15)19(3,4)5;/h5-6,8-11H,1-4H3;6-9,11-13H,1-5H3;/q2*-1;/i1D3;13D;. The third kappa shape index (κ3) is 7.66. The third-order valence-electron chi connectivity index (χ3n) is 7.45. The molecule has 0 fully saturated rings. The van der Waals surface area contributed by atoms with Crippen LogP contribution in [0.15, 0.2) is 73.1 Å². The van der Waals surface area contributed by atoms with E-state index in [-0.39, 0.29) is 37.0 Å². The van der Waals surface area contributed by atoms with E-state index in [1.54, 1.807) is 18.2 Å². The van der Waals surface area contributed by atoms with Gasteiger partial charge in [0.2, 0.25) is 0 Å². The van der Waals surface area contributed by atoms with Crippen molar-refractivity contribution in [3.63, 3.8) is 0 Å². The Kier molecular flexibility index (Phi) is 8.94. The van der Waals surface area contributed by atoms with Crippen LogP contribution in [0.3, 0.4) is 0 Å². The van der Waals surface area contributed by atoms with Gasteiger partial charge >= 0.3 is 0 Å². The van der Waals surface area contributed by atoms with Crippen LogP contribution >= 0.6 is 11.3 Å². The van der Waals surface area contributed by atoms with Gasteiger partial charge in [-0.25, -0.2) is 9.37 Å². The molecule has 1 radical (unpaired) electrons. The number of aromatic nitrogens is 3. The molecule has 6 rings (SSSR count). The van der Waals surface area contributed by atoms with Crippen LogP contribution in [0.25, 0.3) is 42.8 Å². The van der Waals surface area contributed by atoms with Crippen molar-refractivity contribution in [2.45, 2.75) is 72.4 Å². The van der Waals surface area contributed by atoms with Crippen LogP contribution in [0, 0.1) is 24.8 Å². The van der Waals surface area contributed by atoms with Gasteiger partial charge in [0.1, 0.15) is 10.6 Å². The Labute approximate surface area is 291 Å². The molecule has 0 spiro atoms. The van der Waals surface area contributed by atoms with Crippen molar-refractivity contribution in [1.29, 1.82) is 0 Å². The van der Waals surface area contributed by atoms with Crippen LogP contribution < -0.4 is 5.19 Å². The Morgan fingerprint density at radius 3 is 2.33 bits per heavy atom. The van der Waals surface area contributed by atoms with E-state index in [9.17, 15) is 4.39 Å². The van der Waals surface area contributed by atoms with E-state index >= 15 is 0 Å². The number of hydrogen-bond acceptors (Lipinski definition) is 4. The van der Waals surface area contributed by atoms with Gasteiger partial charge in [-0.3, -0.25) is 0 Å². The first kappa shape index (κ1) is 29.3. The maximum atomic E-state index is 14.3. The molecule has 0 unspecified atom stereocenters. The topological polar surface area (TPSA) is 38.7 Å². The molecule has 0 saturated heterocycles. The van der Waals surface area contributed by atoms with Crippen molar-refractivity contribution in [2.75, 3.05) is 0 Å². The van der Waals surface area contributed by atoms with Gasteiger partial charge in [-0.15, -0.1) is 59.7 Å². The second-order valence-electron chi connectivity index (χ2n) is 13.2. The van der Waals surface area contributed by atoms with Gasteiger partial charge in [0, 0.05) is 37.5 Å². The molecule has 0 aliphatic heterocycles. The van der Waals surface area contributed by atoms with Crippen LogP contribution in [0.2, 0.25) is 19.6 Å². The minimum atomic E-state index is -2.25. The summed E-state index contributed by atoms with van der Waals surface area (Å²) < 4.78 is 46.4. The fraction of sp³-hybridized carbons (Fsp3) is 0.289. The van der Waals surface area contributed by atoms with Crippen LogP contribution in [0.4, 0.5) is 4.39 Å². The van der Waals surface area contributed by atoms with Crippen molar-refractivity contribution in [3.05, 3.63) is 108 Å². The summed E-state index contributed by atoms with van der Waals surface area (Å²) in [7, 11) is -1.50. The Balaban J connectivity index is 0.000000229. The monoisotopic (exact) mass is 814 g/mol. The molecule has 0 bridgehead atoms. The number of hydrogen-bond donors (Lipinski definition) is 0. The molecular weight excluding hydrogens is 770 g/mol. The van der Waals surface area contributed by atoms with Gasteiger partial charge in [-0.2, -0.15) is 11.3 Å². The summed E-state index contributed by atoms with van der Waals surface area (Å²) >= 11 is 1.40. The molecule has 4 aromatic heterocycles. The SMILES string of the molecule is [2H]C(C)(C)c1cc(-c2[c-]cccc2)ncc1[Si](C)(C)C.[2H]C([2H])([2H])c1ccc2c(n1)sc1c(-c3cc(C(C)(C)C)c(F)cn3)[c-]ccc12.[Ir]. The smallest absolute Gasteiger partial charge is 0.143 e.